The van der Waals surface area contributed by atoms with E-state index in [1.807, 2.05) is 0 Å². The first kappa shape index (κ1) is 12.1. The molecule has 1 fully saturated rings. The van der Waals surface area contributed by atoms with Gasteiger partial charge < -0.3 is 0 Å². The fraction of sp³-hybridized carbons (Fsp3) is 1.00. The van der Waals surface area contributed by atoms with Gasteiger partial charge in [-0.3, -0.25) is 0 Å². The third kappa shape index (κ3) is 4.02. The van der Waals surface area contributed by atoms with Gasteiger partial charge in [-0.05, 0) is 24.2 Å². The van der Waals surface area contributed by atoms with E-state index in [4.69, 9.17) is 0 Å². The van der Waals surface area contributed by atoms with Crippen LogP contribution in [-0.2, 0) is 0 Å². The summed E-state index contributed by atoms with van der Waals surface area (Å²) in [5.74, 6) is 3.07. The van der Waals surface area contributed by atoms with Crippen LogP contribution in [0, 0.1) is 17.8 Å². The van der Waals surface area contributed by atoms with E-state index in [2.05, 4.69) is 20.8 Å². The summed E-state index contributed by atoms with van der Waals surface area (Å²) in [6, 6.07) is 0. The van der Waals surface area contributed by atoms with Crippen molar-refractivity contribution in [1.29, 1.82) is 0 Å². The largest absolute Gasteiger partial charge is 0.0654 e. The van der Waals surface area contributed by atoms with Crippen molar-refractivity contribution in [2.24, 2.45) is 17.8 Å². The second kappa shape index (κ2) is 6.48. The normalized spacial score (nSPS) is 29.4. The highest BCUT2D eigenvalue weighted by Gasteiger charge is 2.23. The second-order valence-corrected chi connectivity index (χ2v) is 5.49. The summed E-state index contributed by atoms with van der Waals surface area (Å²) in [6.45, 7) is 7.19. The fourth-order valence-electron chi connectivity index (χ4n) is 2.85. The van der Waals surface area contributed by atoms with E-state index in [0.29, 0.717) is 0 Å². The Hall–Kier alpha value is 0. The van der Waals surface area contributed by atoms with Crippen LogP contribution in [-0.4, -0.2) is 0 Å². The third-order valence-electron chi connectivity index (χ3n) is 4.12. The Bertz CT molecular complexity index is 139. The minimum atomic E-state index is 0.975. The van der Waals surface area contributed by atoms with Crippen LogP contribution in [0.5, 0.6) is 0 Å². The van der Waals surface area contributed by atoms with Gasteiger partial charge >= 0.3 is 0 Å². The van der Waals surface area contributed by atoms with Gasteiger partial charge in [0.05, 0.1) is 0 Å². The van der Waals surface area contributed by atoms with Crippen LogP contribution >= 0.6 is 0 Å². The molecular formula is C14H28. The lowest BCUT2D eigenvalue weighted by molar-refractivity contribution is 0.339. The standard InChI is InChI=1S/C14H28/c1-4-5-7-12(2)10-11-14-9-6-8-13(14)3/h12-14H,4-11H2,1-3H3. The predicted molar refractivity (Wildman–Crippen MR) is 64.4 cm³/mol. The molecule has 0 aromatic rings. The van der Waals surface area contributed by atoms with E-state index in [1.54, 1.807) is 0 Å². The van der Waals surface area contributed by atoms with Gasteiger partial charge in [-0.25, -0.2) is 0 Å². The van der Waals surface area contributed by atoms with Crippen molar-refractivity contribution in [3.8, 4) is 0 Å². The van der Waals surface area contributed by atoms with Crippen LogP contribution in [0.25, 0.3) is 0 Å². The topological polar surface area (TPSA) is 0 Å². The first-order chi connectivity index (χ1) is 6.74. The SMILES string of the molecule is CCCCC(C)CCC1CCCC1C. The summed E-state index contributed by atoms with van der Waals surface area (Å²) >= 11 is 0. The van der Waals surface area contributed by atoms with E-state index >= 15 is 0 Å². The molecular weight excluding hydrogens is 168 g/mol. The second-order valence-electron chi connectivity index (χ2n) is 5.49. The Kier molecular flexibility index (Phi) is 5.59. The van der Waals surface area contributed by atoms with Crippen molar-refractivity contribution >= 4 is 0 Å². The van der Waals surface area contributed by atoms with Crippen molar-refractivity contribution in [3.05, 3.63) is 0 Å². The van der Waals surface area contributed by atoms with Crippen molar-refractivity contribution in [3.63, 3.8) is 0 Å². The van der Waals surface area contributed by atoms with E-state index < -0.39 is 0 Å². The summed E-state index contributed by atoms with van der Waals surface area (Å²) < 4.78 is 0. The Labute approximate surface area is 90.5 Å². The van der Waals surface area contributed by atoms with Gasteiger partial charge in [0.25, 0.3) is 0 Å². The molecule has 0 aromatic heterocycles. The van der Waals surface area contributed by atoms with Crippen LogP contribution in [0.15, 0.2) is 0 Å². The maximum absolute atomic E-state index is 2.45. The summed E-state index contributed by atoms with van der Waals surface area (Å²) in [6.07, 6.45) is 11.7. The molecule has 0 spiro atoms. The van der Waals surface area contributed by atoms with Crippen molar-refractivity contribution in [2.45, 2.75) is 72.1 Å². The molecule has 1 aliphatic rings. The van der Waals surface area contributed by atoms with Crippen LogP contribution in [0.3, 0.4) is 0 Å². The molecule has 84 valence electrons. The summed E-state index contributed by atoms with van der Waals surface area (Å²) in [7, 11) is 0. The Balaban J connectivity index is 2.07. The molecule has 0 nitrogen and oxygen atoms in total. The molecule has 0 amide bonds. The highest BCUT2D eigenvalue weighted by Crippen LogP contribution is 2.35. The van der Waals surface area contributed by atoms with Crippen LogP contribution in [0.4, 0.5) is 0 Å². The molecule has 3 atom stereocenters. The molecule has 0 bridgehead atoms. The Morgan fingerprint density at radius 3 is 2.57 bits per heavy atom. The first-order valence-electron chi connectivity index (χ1n) is 6.74. The maximum atomic E-state index is 2.45. The minimum absolute atomic E-state index is 0.975. The zero-order valence-corrected chi connectivity index (χ0v) is 10.4. The zero-order valence-electron chi connectivity index (χ0n) is 10.4. The molecule has 0 aliphatic heterocycles. The molecule has 0 N–H and O–H groups in total. The van der Waals surface area contributed by atoms with E-state index in [9.17, 15) is 0 Å². The number of hydrogen-bond donors (Lipinski definition) is 0. The average Bonchev–Trinajstić information content (AvgIpc) is 2.58. The molecule has 0 aromatic carbocycles. The lowest BCUT2D eigenvalue weighted by atomic mass is 9.88. The first-order valence-corrected chi connectivity index (χ1v) is 6.74. The Morgan fingerprint density at radius 1 is 1.21 bits per heavy atom. The molecule has 0 radical (unpaired) electrons. The lowest BCUT2D eigenvalue weighted by Crippen LogP contribution is -2.06. The maximum Gasteiger partial charge on any atom is -0.0388 e. The average molecular weight is 196 g/mol. The smallest absolute Gasteiger partial charge is 0.0388 e. The molecule has 1 rings (SSSR count). The van der Waals surface area contributed by atoms with Gasteiger partial charge in [-0.15, -0.1) is 0 Å². The quantitative estimate of drug-likeness (QED) is 0.559. The van der Waals surface area contributed by atoms with Crippen molar-refractivity contribution < 1.29 is 0 Å². The monoisotopic (exact) mass is 196 g/mol. The van der Waals surface area contributed by atoms with Crippen LogP contribution in [0.2, 0.25) is 0 Å². The number of unbranched alkanes of at least 4 members (excludes halogenated alkanes) is 1. The van der Waals surface area contributed by atoms with E-state index in [0.717, 1.165) is 17.8 Å². The molecule has 3 unspecified atom stereocenters. The van der Waals surface area contributed by atoms with Crippen LogP contribution < -0.4 is 0 Å². The van der Waals surface area contributed by atoms with E-state index in [1.165, 1.54) is 51.4 Å². The summed E-state index contributed by atoms with van der Waals surface area (Å²) in [5.41, 5.74) is 0. The molecule has 1 aliphatic carbocycles. The minimum Gasteiger partial charge on any atom is -0.0654 e. The van der Waals surface area contributed by atoms with Crippen LogP contribution in [0.1, 0.15) is 72.1 Å². The highest BCUT2D eigenvalue weighted by molar-refractivity contribution is 4.74. The van der Waals surface area contributed by atoms with Gasteiger partial charge in [0.2, 0.25) is 0 Å². The number of rotatable bonds is 6. The van der Waals surface area contributed by atoms with Gasteiger partial charge in [-0.2, -0.15) is 0 Å². The molecule has 0 heterocycles. The summed E-state index contributed by atoms with van der Waals surface area (Å²) in [5, 5.41) is 0. The van der Waals surface area contributed by atoms with Crippen molar-refractivity contribution in [1.82, 2.24) is 0 Å². The Morgan fingerprint density at radius 2 is 2.00 bits per heavy atom. The van der Waals surface area contributed by atoms with Gasteiger partial charge in [0.15, 0.2) is 0 Å². The molecule has 0 heteroatoms. The van der Waals surface area contributed by atoms with Gasteiger partial charge in [0.1, 0.15) is 0 Å². The number of hydrogen-bond acceptors (Lipinski definition) is 0. The lowest BCUT2D eigenvalue weighted by Gasteiger charge is -2.17. The van der Waals surface area contributed by atoms with Gasteiger partial charge in [0, 0.05) is 0 Å². The highest BCUT2D eigenvalue weighted by atomic mass is 14.3. The van der Waals surface area contributed by atoms with Gasteiger partial charge in [-0.1, -0.05) is 65.7 Å². The molecule has 0 saturated heterocycles. The fourth-order valence-corrected chi connectivity index (χ4v) is 2.85. The van der Waals surface area contributed by atoms with E-state index in [-0.39, 0.29) is 0 Å². The predicted octanol–water partition coefficient (Wildman–Crippen LogP) is 5.03. The van der Waals surface area contributed by atoms with Crippen molar-refractivity contribution in [2.75, 3.05) is 0 Å². The molecule has 1 saturated carbocycles. The zero-order chi connectivity index (χ0) is 10.4. The third-order valence-corrected chi connectivity index (χ3v) is 4.12. The molecule has 14 heavy (non-hydrogen) atoms. The summed E-state index contributed by atoms with van der Waals surface area (Å²) in [4.78, 5) is 0.